The van der Waals surface area contributed by atoms with Crippen molar-refractivity contribution in [3.05, 3.63) is 38.8 Å². The van der Waals surface area contributed by atoms with Crippen LogP contribution in [-0.2, 0) is 11.3 Å². The van der Waals surface area contributed by atoms with Crippen molar-refractivity contribution in [2.45, 2.75) is 45.7 Å². The molecule has 0 spiro atoms. The molecule has 0 aliphatic rings. The zero-order chi connectivity index (χ0) is 19.5. The summed E-state index contributed by atoms with van der Waals surface area (Å²) in [6.07, 6.45) is -0.0772. The molecular formula is C17H23N3O6. The number of methoxy groups -OCH3 is 1. The fourth-order valence-corrected chi connectivity index (χ4v) is 2.77. The Kier molecular flexibility index (Phi) is 5.69. The molecule has 1 aromatic carbocycles. The highest BCUT2D eigenvalue weighted by atomic mass is 16.6. The topological polar surface area (TPSA) is 106 Å². The summed E-state index contributed by atoms with van der Waals surface area (Å²) >= 11 is 0. The van der Waals surface area contributed by atoms with Crippen LogP contribution in [0.1, 0.15) is 33.6 Å². The molecule has 0 bridgehead atoms. The van der Waals surface area contributed by atoms with Crippen molar-refractivity contribution in [3.8, 4) is 5.75 Å². The van der Waals surface area contributed by atoms with E-state index in [1.807, 2.05) is 0 Å². The molecule has 0 saturated carbocycles. The van der Waals surface area contributed by atoms with Gasteiger partial charge in [0, 0.05) is 31.7 Å². The monoisotopic (exact) mass is 365 g/mol. The fraction of sp³-hybridized carbons (Fsp3) is 0.529. The number of nitro groups is 1. The summed E-state index contributed by atoms with van der Waals surface area (Å²) < 4.78 is 12.6. The number of hydrogen-bond donors (Lipinski definition) is 0. The number of aromatic nitrogens is 2. The quantitative estimate of drug-likeness (QED) is 0.552. The Balaban J connectivity index is 2.47. The molecule has 0 atom stereocenters. The third kappa shape index (κ3) is 3.56. The van der Waals surface area contributed by atoms with Gasteiger partial charge in [-0.3, -0.25) is 14.7 Å². The van der Waals surface area contributed by atoms with Gasteiger partial charge < -0.3 is 9.47 Å². The van der Waals surface area contributed by atoms with Crippen molar-refractivity contribution in [1.82, 2.24) is 9.13 Å². The SMILES string of the molecule is CCOC(=O)n1c(=O)n(CCCC(C)(C)[N+](=O)[O-])c2cccc(OC)c21. The second-order valence-electron chi connectivity index (χ2n) is 6.47. The highest BCUT2D eigenvalue weighted by molar-refractivity contribution is 5.91. The third-order valence-corrected chi connectivity index (χ3v) is 4.25. The van der Waals surface area contributed by atoms with E-state index in [2.05, 4.69) is 0 Å². The number of aryl methyl sites for hydroxylation is 1. The van der Waals surface area contributed by atoms with Gasteiger partial charge in [0.15, 0.2) is 0 Å². The molecular weight excluding hydrogens is 342 g/mol. The molecule has 1 aromatic heterocycles. The standard InChI is InChI=1S/C17H23N3O6/c1-5-26-16(22)19-14-12(8-6-9-13(14)25-4)18(15(19)21)11-7-10-17(2,3)20(23)24/h6,8-9H,5,7,10-11H2,1-4H3. The van der Waals surface area contributed by atoms with Gasteiger partial charge >= 0.3 is 11.8 Å². The van der Waals surface area contributed by atoms with Crippen molar-refractivity contribution in [2.24, 2.45) is 0 Å². The first-order valence-corrected chi connectivity index (χ1v) is 8.34. The van der Waals surface area contributed by atoms with E-state index in [1.165, 1.54) is 11.7 Å². The Morgan fingerprint density at radius 1 is 1.35 bits per heavy atom. The Labute approximate surface area is 150 Å². The maximum atomic E-state index is 12.8. The van der Waals surface area contributed by atoms with Crippen molar-refractivity contribution in [1.29, 1.82) is 0 Å². The van der Waals surface area contributed by atoms with E-state index >= 15 is 0 Å². The summed E-state index contributed by atoms with van der Waals surface area (Å²) in [5.41, 5.74) is -0.795. The molecule has 0 radical (unpaired) electrons. The summed E-state index contributed by atoms with van der Waals surface area (Å²) in [5.74, 6) is 0.372. The van der Waals surface area contributed by atoms with Crippen LogP contribution in [0, 0.1) is 10.1 Å². The van der Waals surface area contributed by atoms with E-state index in [9.17, 15) is 19.7 Å². The number of carbonyl (C=O) groups excluding carboxylic acids is 1. The lowest BCUT2D eigenvalue weighted by molar-refractivity contribution is -0.561. The van der Waals surface area contributed by atoms with Crippen LogP contribution in [0.2, 0.25) is 0 Å². The van der Waals surface area contributed by atoms with E-state index in [0.29, 0.717) is 29.6 Å². The molecule has 0 N–H and O–H groups in total. The minimum atomic E-state index is -1.08. The van der Waals surface area contributed by atoms with Gasteiger partial charge in [0.1, 0.15) is 11.3 Å². The predicted molar refractivity (Wildman–Crippen MR) is 95.5 cm³/mol. The Morgan fingerprint density at radius 3 is 2.62 bits per heavy atom. The van der Waals surface area contributed by atoms with Gasteiger partial charge in [0.2, 0.25) is 5.54 Å². The van der Waals surface area contributed by atoms with Gasteiger partial charge in [-0.1, -0.05) is 6.07 Å². The van der Waals surface area contributed by atoms with E-state index < -0.39 is 17.3 Å². The van der Waals surface area contributed by atoms with Crippen LogP contribution >= 0.6 is 0 Å². The third-order valence-electron chi connectivity index (χ3n) is 4.25. The molecule has 142 valence electrons. The van der Waals surface area contributed by atoms with Gasteiger partial charge in [-0.2, -0.15) is 4.57 Å². The zero-order valence-corrected chi connectivity index (χ0v) is 15.4. The van der Waals surface area contributed by atoms with Gasteiger partial charge in [0.05, 0.1) is 19.2 Å². The molecule has 0 aliphatic heterocycles. The molecule has 2 rings (SSSR count). The molecule has 0 fully saturated rings. The van der Waals surface area contributed by atoms with Crippen molar-refractivity contribution in [3.63, 3.8) is 0 Å². The number of ether oxygens (including phenoxy) is 2. The largest absolute Gasteiger partial charge is 0.494 e. The molecule has 1 heterocycles. The first-order valence-electron chi connectivity index (χ1n) is 8.34. The number of hydrogen-bond acceptors (Lipinski definition) is 6. The molecule has 26 heavy (non-hydrogen) atoms. The highest BCUT2D eigenvalue weighted by Crippen LogP contribution is 2.25. The van der Waals surface area contributed by atoms with Crippen LogP contribution < -0.4 is 10.4 Å². The fourth-order valence-electron chi connectivity index (χ4n) is 2.77. The summed E-state index contributed by atoms with van der Waals surface area (Å²) in [4.78, 5) is 35.8. The lowest BCUT2D eigenvalue weighted by atomic mass is 10.00. The molecule has 0 aliphatic carbocycles. The summed E-state index contributed by atoms with van der Waals surface area (Å²) in [7, 11) is 1.45. The first-order chi connectivity index (χ1) is 12.2. The van der Waals surface area contributed by atoms with E-state index in [-0.39, 0.29) is 18.1 Å². The molecule has 9 heteroatoms. The lowest BCUT2D eigenvalue weighted by Gasteiger charge is -2.15. The van der Waals surface area contributed by atoms with Crippen LogP contribution in [0.15, 0.2) is 23.0 Å². The number of benzene rings is 1. The number of carbonyl (C=O) groups is 1. The number of fused-ring (bicyclic) bond motifs is 1. The van der Waals surface area contributed by atoms with Crippen LogP contribution in [0.3, 0.4) is 0 Å². The lowest BCUT2D eigenvalue weighted by Crippen LogP contribution is -2.32. The predicted octanol–water partition coefficient (Wildman–Crippen LogP) is 2.65. The summed E-state index contributed by atoms with van der Waals surface area (Å²) in [6.45, 7) is 5.11. The minimum Gasteiger partial charge on any atom is -0.494 e. The van der Waals surface area contributed by atoms with Gasteiger partial charge in [-0.15, -0.1) is 0 Å². The molecule has 2 aromatic rings. The molecule has 0 unspecified atom stereocenters. The van der Waals surface area contributed by atoms with Gasteiger partial charge in [0.25, 0.3) is 0 Å². The summed E-state index contributed by atoms with van der Waals surface area (Å²) in [6, 6.07) is 5.07. The Bertz CT molecular complexity index is 880. The average Bonchev–Trinajstić information content (AvgIpc) is 2.87. The summed E-state index contributed by atoms with van der Waals surface area (Å²) in [5, 5.41) is 11.0. The van der Waals surface area contributed by atoms with Crippen LogP contribution in [0.25, 0.3) is 11.0 Å². The molecule has 0 saturated heterocycles. The normalized spacial score (nSPS) is 11.5. The van der Waals surface area contributed by atoms with E-state index in [1.54, 1.807) is 39.0 Å². The second-order valence-corrected chi connectivity index (χ2v) is 6.47. The van der Waals surface area contributed by atoms with Crippen molar-refractivity contribution >= 4 is 17.1 Å². The van der Waals surface area contributed by atoms with Gasteiger partial charge in [-0.05, 0) is 25.5 Å². The number of para-hydroxylation sites is 1. The highest BCUT2D eigenvalue weighted by Gasteiger charge is 2.30. The van der Waals surface area contributed by atoms with Crippen LogP contribution in [0.5, 0.6) is 5.75 Å². The van der Waals surface area contributed by atoms with Gasteiger partial charge in [-0.25, -0.2) is 9.59 Å². The molecule has 0 amide bonds. The average molecular weight is 365 g/mol. The van der Waals surface area contributed by atoms with Crippen LogP contribution in [0.4, 0.5) is 4.79 Å². The van der Waals surface area contributed by atoms with E-state index in [0.717, 1.165) is 4.57 Å². The Hall–Kier alpha value is -2.84. The zero-order valence-electron chi connectivity index (χ0n) is 15.4. The van der Waals surface area contributed by atoms with Crippen LogP contribution in [-0.4, -0.2) is 39.4 Å². The number of rotatable bonds is 7. The van der Waals surface area contributed by atoms with Crippen molar-refractivity contribution in [2.75, 3.05) is 13.7 Å². The number of imidazole rings is 1. The Morgan fingerprint density at radius 2 is 2.04 bits per heavy atom. The smallest absolute Gasteiger partial charge is 0.422 e. The van der Waals surface area contributed by atoms with Crippen molar-refractivity contribution < 1.29 is 19.2 Å². The first kappa shape index (κ1) is 19.5. The maximum Gasteiger partial charge on any atom is 0.422 e. The second kappa shape index (κ2) is 7.59. The minimum absolute atomic E-state index is 0.129. The molecule has 9 nitrogen and oxygen atoms in total. The number of nitrogens with zero attached hydrogens (tertiary/aromatic N) is 3. The van der Waals surface area contributed by atoms with E-state index in [4.69, 9.17) is 9.47 Å². The maximum absolute atomic E-state index is 12.8.